The van der Waals surface area contributed by atoms with Gasteiger partial charge in [-0.25, -0.2) is 8.42 Å². The Hall–Kier alpha value is -0.380. The molecule has 0 aromatic carbocycles. The van der Waals surface area contributed by atoms with E-state index in [4.69, 9.17) is 0 Å². The van der Waals surface area contributed by atoms with Crippen LogP contribution >= 0.6 is 0 Å². The molecule has 0 saturated heterocycles. The van der Waals surface area contributed by atoms with Crippen molar-refractivity contribution in [2.24, 2.45) is 5.92 Å². The maximum atomic E-state index is 10.6. The first-order valence-electron chi connectivity index (χ1n) is 2.70. The molecular formula is C5H8O3S. The van der Waals surface area contributed by atoms with Crippen molar-refractivity contribution in [3.05, 3.63) is 0 Å². The Morgan fingerprint density at radius 3 is 2.22 bits per heavy atom. The first-order valence-corrected chi connectivity index (χ1v) is 4.65. The molecule has 9 heavy (non-hydrogen) atoms. The van der Waals surface area contributed by atoms with Crippen LogP contribution in [-0.2, 0) is 14.6 Å². The fraction of sp³-hybridized carbons (Fsp3) is 0.800. The van der Waals surface area contributed by atoms with Gasteiger partial charge in [0.1, 0.15) is 6.29 Å². The average Bonchev–Trinajstić information content (AvgIpc) is 2.39. The summed E-state index contributed by atoms with van der Waals surface area (Å²) in [5, 5.41) is -0.366. The molecule has 1 aliphatic carbocycles. The van der Waals surface area contributed by atoms with Crippen LogP contribution in [0.4, 0.5) is 0 Å². The van der Waals surface area contributed by atoms with Crippen molar-refractivity contribution in [1.82, 2.24) is 0 Å². The monoisotopic (exact) mass is 148 g/mol. The number of carbonyl (C=O) groups excluding carboxylic acids is 1. The Kier molecular flexibility index (Phi) is 1.35. The lowest BCUT2D eigenvalue weighted by atomic mass is 10.5. The zero-order chi connectivity index (χ0) is 7.07. The van der Waals surface area contributed by atoms with E-state index in [0.29, 0.717) is 12.7 Å². The average molecular weight is 148 g/mol. The van der Waals surface area contributed by atoms with E-state index in [1.807, 2.05) is 0 Å². The van der Waals surface area contributed by atoms with Crippen molar-refractivity contribution in [2.45, 2.75) is 11.7 Å². The summed E-state index contributed by atoms with van der Waals surface area (Å²) in [4.78, 5) is 9.96. The smallest absolute Gasteiger partial charge is 0.151 e. The third-order valence-corrected chi connectivity index (χ3v) is 3.15. The van der Waals surface area contributed by atoms with Gasteiger partial charge in [0.2, 0.25) is 0 Å². The van der Waals surface area contributed by atoms with Crippen LogP contribution in [0.15, 0.2) is 0 Å². The summed E-state index contributed by atoms with van der Waals surface area (Å²) in [6, 6.07) is 0. The van der Waals surface area contributed by atoms with Crippen molar-refractivity contribution in [2.75, 3.05) is 6.26 Å². The van der Waals surface area contributed by atoms with Crippen molar-refractivity contribution in [1.29, 1.82) is 0 Å². The molecule has 0 aromatic rings. The van der Waals surface area contributed by atoms with Gasteiger partial charge in [-0.05, 0) is 6.42 Å². The predicted molar refractivity (Wildman–Crippen MR) is 32.8 cm³/mol. The minimum absolute atomic E-state index is 0.208. The molecule has 0 aromatic heterocycles. The Balaban J connectivity index is 2.63. The Morgan fingerprint density at radius 1 is 1.56 bits per heavy atom. The third-order valence-electron chi connectivity index (χ3n) is 1.50. The molecule has 0 unspecified atom stereocenters. The fourth-order valence-corrected chi connectivity index (χ4v) is 2.10. The summed E-state index contributed by atoms with van der Waals surface area (Å²) in [5.74, 6) is -0.208. The van der Waals surface area contributed by atoms with E-state index in [1.165, 1.54) is 6.26 Å². The first kappa shape index (κ1) is 6.74. The molecule has 0 bridgehead atoms. The second-order valence-corrected chi connectivity index (χ2v) is 4.67. The summed E-state index contributed by atoms with van der Waals surface area (Å²) < 4.78 is 21.2. The van der Waals surface area contributed by atoms with E-state index >= 15 is 0 Å². The number of hydrogen-bond acceptors (Lipinski definition) is 3. The number of hydrogen-bond donors (Lipinski definition) is 0. The van der Waals surface area contributed by atoms with Gasteiger partial charge < -0.3 is 4.79 Å². The minimum atomic E-state index is -2.92. The van der Waals surface area contributed by atoms with Gasteiger partial charge in [0.15, 0.2) is 9.84 Å². The van der Waals surface area contributed by atoms with Crippen LogP contribution in [0.3, 0.4) is 0 Å². The van der Waals surface area contributed by atoms with Crippen LogP contribution in [0, 0.1) is 5.92 Å². The molecule has 1 rings (SSSR count). The lowest BCUT2D eigenvalue weighted by Gasteiger charge is -1.87. The topological polar surface area (TPSA) is 51.2 Å². The number of rotatable bonds is 2. The maximum Gasteiger partial charge on any atom is 0.151 e. The molecule has 3 nitrogen and oxygen atoms in total. The largest absolute Gasteiger partial charge is 0.303 e. The van der Waals surface area contributed by atoms with Gasteiger partial charge in [-0.3, -0.25) is 0 Å². The van der Waals surface area contributed by atoms with E-state index in [9.17, 15) is 13.2 Å². The van der Waals surface area contributed by atoms with Gasteiger partial charge in [-0.15, -0.1) is 0 Å². The molecule has 0 heterocycles. The summed E-state index contributed by atoms with van der Waals surface area (Å²) in [7, 11) is -2.92. The first-order chi connectivity index (χ1) is 4.05. The summed E-state index contributed by atoms with van der Waals surface area (Å²) in [6.45, 7) is 0. The second kappa shape index (κ2) is 1.80. The number of aldehydes is 1. The van der Waals surface area contributed by atoms with Gasteiger partial charge in [-0.1, -0.05) is 0 Å². The van der Waals surface area contributed by atoms with E-state index in [2.05, 4.69) is 0 Å². The summed E-state index contributed by atoms with van der Waals surface area (Å²) in [5.41, 5.74) is 0. The number of carbonyl (C=O) groups is 1. The molecule has 0 spiro atoms. The van der Waals surface area contributed by atoms with Crippen molar-refractivity contribution < 1.29 is 13.2 Å². The van der Waals surface area contributed by atoms with Crippen LogP contribution in [-0.4, -0.2) is 26.2 Å². The van der Waals surface area contributed by atoms with Crippen LogP contribution in [0.1, 0.15) is 6.42 Å². The molecule has 0 N–H and O–H groups in total. The lowest BCUT2D eigenvalue weighted by Crippen LogP contribution is -2.05. The van der Waals surface area contributed by atoms with E-state index in [1.54, 1.807) is 0 Å². The van der Waals surface area contributed by atoms with Gasteiger partial charge in [-0.2, -0.15) is 0 Å². The molecule has 0 aliphatic heterocycles. The standard InChI is InChI=1S/C5H8O3S/c1-9(7,8)5-2-4(5)3-6/h3-5H,2H2,1H3/t4-,5+/m1/s1. The van der Waals surface area contributed by atoms with E-state index in [0.717, 1.165) is 0 Å². The molecule has 52 valence electrons. The van der Waals surface area contributed by atoms with Crippen molar-refractivity contribution in [3.8, 4) is 0 Å². The van der Waals surface area contributed by atoms with E-state index in [-0.39, 0.29) is 11.2 Å². The predicted octanol–water partition coefficient (Wildman–Crippen LogP) is -0.382. The maximum absolute atomic E-state index is 10.6. The van der Waals surface area contributed by atoms with Crippen molar-refractivity contribution >= 4 is 16.1 Å². The highest BCUT2D eigenvalue weighted by Gasteiger charge is 2.44. The highest BCUT2D eigenvalue weighted by atomic mass is 32.2. The molecule has 1 saturated carbocycles. The Morgan fingerprint density at radius 2 is 2.11 bits per heavy atom. The van der Waals surface area contributed by atoms with Crippen LogP contribution < -0.4 is 0 Å². The molecule has 2 atom stereocenters. The molecule has 0 radical (unpaired) electrons. The van der Waals surface area contributed by atoms with Gasteiger partial charge in [0, 0.05) is 12.2 Å². The van der Waals surface area contributed by atoms with Crippen LogP contribution in [0.5, 0.6) is 0 Å². The quantitative estimate of drug-likeness (QED) is 0.501. The van der Waals surface area contributed by atoms with Crippen LogP contribution in [0.25, 0.3) is 0 Å². The van der Waals surface area contributed by atoms with Gasteiger partial charge in [0.25, 0.3) is 0 Å². The molecular weight excluding hydrogens is 140 g/mol. The molecule has 1 aliphatic rings. The van der Waals surface area contributed by atoms with E-state index < -0.39 is 9.84 Å². The highest BCUT2D eigenvalue weighted by Crippen LogP contribution is 2.34. The van der Waals surface area contributed by atoms with Crippen LogP contribution in [0.2, 0.25) is 0 Å². The number of sulfone groups is 1. The minimum Gasteiger partial charge on any atom is -0.303 e. The summed E-state index contributed by atoms with van der Waals surface area (Å²) in [6.07, 6.45) is 2.41. The fourth-order valence-electron chi connectivity index (χ4n) is 0.825. The lowest BCUT2D eigenvalue weighted by molar-refractivity contribution is -0.108. The molecule has 0 amide bonds. The van der Waals surface area contributed by atoms with Gasteiger partial charge >= 0.3 is 0 Å². The normalized spacial score (nSPS) is 33.9. The van der Waals surface area contributed by atoms with Crippen molar-refractivity contribution in [3.63, 3.8) is 0 Å². The zero-order valence-corrected chi connectivity index (χ0v) is 5.89. The third kappa shape index (κ3) is 1.30. The summed E-state index contributed by atoms with van der Waals surface area (Å²) >= 11 is 0. The second-order valence-electron chi connectivity index (χ2n) is 2.40. The Labute approximate surface area is 54.0 Å². The molecule has 1 fully saturated rings. The SMILES string of the molecule is CS(=O)(=O)[C@H]1C[C@@H]1C=O. The zero-order valence-electron chi connectivity index (χ0n) is 5.07. The Bertz CT molecular complexity index is 216. The highest BCUT2D eigenvalue weighted by molar-refractivity contribution is 7.91. The van der Waals surface area contributed by atoms with Gasteiger partial charge in [0.05, 0.1) is 5.25 Å². The molecule has 4 heteroatoms.